The maximum atomic E-state index is 10.7. The number of phenolic OH excluding ortho intramolecular Hbond substituents is 1. The minimum absolute atomic E-state index is 0.0277. The number of aldehydes is 1. The van der Waals surface area contributed by atoms with Gasteiger partial charge in [0.15, 0.2) is 6.29 Å². The third-order valence-corrected chi connectivity index (χ3v) is 4.03. The molecule has 3 rings (SSSR count). The molecular formula is C15H10O2S. The van der Waals surface area contributed by atoms with E-state index in [1.54, 1.807) is 23.5 Å². The van der Waals surface area contributed by atoms with Gasteiger partial charge in [0, 0.05) is 9.58 Å². The van der Waals surface area contributed by atoms with Gasteiger partial charge < -0.3 is 5.11 Å². The van der Waals surface area contributed by atoms with Crippen LogP contribution in [-0.2, 0) is 0 Å². The van der Waals surface area contributed by atoms with Gasteiger partial charge in [0.1, 0.15) is 5.75 Å². The van der Waals surface area contributed by atoms with E-state index in [0.717, 1.165) is 10.4 Å². The summed E-state index contributed by atoms with van der Waals surface area (Å²) in [7, 11) is 0. The second-order valence-electron chi connectivity index (χ2n) is 4.04. The highest BCUT2D eigenvalue weighted by Crippen LogP contribution is 2.35. The molecule has 0 aliphatic rings. The van der Waals surface area contributed by atoms with E-state index in [-0.39, 0.29) is 5.75 Å². The maximum absolute atomic E-state index is 10.7. The van der Waals surface area contributed by atoms with Crippen molar-refractivity contribution in [2.24, 2.45) is 0 Å². The number of carbonyl (C=O) groups is 1. The van der Waals surface area contributed by atoms with Crippen LogP contribution in [0.15, 0.2) is 48.5 Å². The Morgan fingerprint density at radius 3 is 2.61 bits per heavy atom. The van der Waals surface area contributed by atoms with Crippen molar-refractivity contribution < 1.29 is 9.90 Å². The lowest BCUT2D eigenvalue weighted by Crippen LogP contribution is -1.81. The zero-order chi connectivity index (χ0) is 12.5. The summed E-state index contributed by atoms with van der Waals surface area (Å²) < 4.78 is 1.21. The first-order chi connectivity index (χ1) is 8.78. The van der Waals surface area contributed by atoms with Crippen molar-refractivity contribution in [2.75, 3.05) is 0 Å². The lowest BCUT2D eigenvalue weighted by molar-refractivity contribution is 0.112. The summed E-state index contributed by atoms with van der Waals surface area (Å²) in [6, 6.07) is 15.4. The van der Waals surface area contributed by atoms with Crippen molar-refractivity contribution in [3.8, 4) is 16.2 Å². The number of aromatic hydroxyl groups is 1. The van der Waals surface area contributed by atoms with Crippen LogP contribution in [0.1, 0.15) is 10.4 Å². The summed E-state index contributed by atoms with van der Waals surface area (Å²) >= 11 is 1.67. The van der Waals surface area contributed by atoms with Crippen LogP contribution in [-0.4, -0.2) is 11.4 Å². The molecule has 0 bridgehead atoms. The lowest BCUT2D eigenvalue weighted by atomic mass is 10.1. The second kappa shape index (κ2) is 4.27. The number of benzene rings is 2. The zero-order valence-electron chi connectivity index (χ0n) is 9.46. The smallest absolute Gasteiger partial charge is 0.153 e. The van der Waals surface area contributed by atoms with Gasteiger partial charge in [-0.15, -0.1) is 11.3 Å². The molecule has 0 aliphatic carbocycles. The van der Waals surface area contributed by atoms with Crippen LogP contribution in [0.5, 0.6) is 5.75 Å². The van der Waals surface area contributed by atoms with E-state index in [4.69, 9.17) is 0 Å². The third kappa shape index (κ3) is 1.79. The highest BCUT2D eigenvalue weighted by Gasteiger charge is 2.06. The molecule has 0 saturated carbocycles. The molecule has 18 heavy (non-hydrogen) atoms. The fourth-order valence-corrected chi connectivity index (χ4v) is 2.98. The van der Waals surface area contributed by atoms with Crippen molar-refractivity contribution in [3.05, 3.63) is 54.1 Å². The fourth-order valence-electron chi connectivity index (χ4n) is 1.92. The molecule has 2 nitrogen and oxygen atoms in total. The first-order valence-corrected chi connectivity index (χ1v) is 6.37. The minimum Gasteiger partial charge on any atom is -0.507 e. The molecule has 1 aromatic heterocycles. The molecule has 2 aromatic carbocycles. The number of thiophene rings is 1. The predicted octanol–water partition coefficient (Wildman–Crippen LogP) is 4.09. The Morgan fingerprint density at radius 1 is 1.06 bits per heavy atom. The van der Waals surface area contributed by atoms with Gasteiger partial charge in [-0.05, 0) is 35.2 Å². The van der Waals surface area contributed by atoms with Gasteiger partial charge in [-0.2, -0.15) is 0 Å². The molecule has 3 heteroatoms. The highest BCUT2D eigenvalue weighted by atomic mass is 32.1. The standard InChI is InChI=1S/C15H10O2S/c16-9-12-6-5-11(7-13(12)17)15-8-10-3-1-2-4-14(10)18-15/h1-9,17H. The van der Waals surface area contributed by atoms with Crippen LogP contribution in [0.2, 0.25) is 0 Å². The molecular weight excluding hydrogens is 244 g/mol. The summed E-state index contributed by atoms with van der Waals surface area (Å²) in [5, 5.41) is 10.9. The van der Waals surface area contributed by atoms with Gasteiger partial charge in [-0.3, -0.25) is 4.79 Å². The highest BCUT2D eigenvalue weighted by molar-refractivity contribution is 7.22. The summed E-state index contributed by atoms with van der Waals surface area (Å²) in [6.45, 7) is 0. The topological polar surface area (TPSA) is 37.3 Å². The quantitative estimate of drug-likeness (QED) is 0.699. The van der Waals surface area contributed by atoms with Crippen LogP contribution in [0.25, 0.3) is 20.5 Å². The maximum Gasteiger partial charge on any atom is 0.153 e. The van der Waals surface area contributed by atoms with Crippen molar-refractivity contribution in [3.63, 3.8) is 0 Å². The molecule has 88 valence electrons. The zero-order valence-corrected chi connectivity index (χ0v) is 10.3. The summed E-state index contributed by atoms with van der Waals surface area (Å²) in [4.78, 5) is 11.7. The third-order valence-electron chi connectivity index (χ3n) is 2.87. The number of phenols is 1. The Bertz CT molecular complexity index is 695. The molecule has 0 saturated heterocycles. The Morgan fingerprint density at radius 2 is 1.89 bits per heavy atom. The van der Waals surface area contributed by atoms with Crippen molar-refractivity contribution in [1.82, 2.24) is 0 Å². The normalized spacial score (nSPS) is 10.7. The van der Waals surface area contributed by atoms with E-state index < -0.39 is 0 Å². The largest absolute Gasteiger partial charge is 0.507 e. The van der Waals surface area contributed by atoms with Crippen molar-refractivity contribution >= 4 is 27.7 Å². The number of rotatable bonds is 2. The first kappa shape index (κ1) is 11.0. The molecule has 3 aromatic rings. The Kier molecular flexibility index (Phi) is 2.61. The fraction of sp³-hybridized carbons (Fsp3) is 0. The van der Waals surface area contributed by atoms with Crippen LogP contribution in [0.4, 0.5) is 0 Å². The Labute approximate surface area is 108 Å². The minimum atomic E-state index is 0.0277. The van der Waals surface area contributed by atoms with Crippen LogP contribution < -0.4 is 0 Å². The van der Waals surface area contributed by atoms with Gasteiger partial charge in [0.25, 0.3) is 0 Å². The summed E-state index contributed by atoms with van der Waals surface area (Å²) in [6.07, 6.45) is 0.657. The van der Waals surface area contributed by atoms with E-state index in [0.29, 0.717) is 11.8 Å². The van der Waals surface area contributed by atoms with Crippen molar-refractivity contribution in [1.29, 1.82) is 0 Å². The average Bonchev–Trinajstić information content (AvgIpc) is 2.82. The predicted molar refractivity (Wildman–Crippen MR) is 74.3 cm³/mol. The molecule has 0 atom stereocenters. The molecule has 1 heterocycles. The Hall–Kier alpha value is -2.13. The summed E-state index contributed by atoms with van der Waals surface area (Å²) in [5.41, 5.74) is 1.25. The number of fused-ring (bicyclic) bond motifs is 1. The molecule has 1 N–H and O–H groups in total. The molecule has 0 unspecified atom stereocenters. The van der Waals surface area contributed by atoms with E-state index in [1.807, 2.05) is 18.2 Å². The summed E-state index contributed by atoms with van der Waals surface area (Å²) in [5.74, 6) is 0.0277. The molecule has 0 fully saturated rings. The van der Waals surface area contributed by atoms with Gasteiger partial charge in [-0.1, -0.05) is 24.3 Å². The number of hydrogen-bond acceptors (Lipinski definition) is 3. The van der Waals surface area contributed by atoms with E-state index in [2.05, 4.69) is 18.2 Å². The second-order valence-corrected chi connectivity index (χ2v) is 5.12. The van der Waals surface area contributed by atoms with E-state index >= 15 is 0 Å². The van der Waals surface area contributed by atoms with E-state index in [1.165, 1.54) is 10.1 Å². The molecule has 0 aliphatic heterocycles. The van der Waals surface area contributed by atoms with E-state index in [9.17, 15) is 9.90 Å². The van der Waals surface area contributed by atoms with Gasteiger partial charge in [0.05, 0.1) is 5.56 Å². The van der Waals surface area contributed by atoms with Crippen LogP contribution in [0, 0.1) is 0 Å². The first-order valence-electron chi connectivity index (χ1n) is 5.55. The molecule has 0 radical (unpaired) electrons. The van der Waals surface area contributed by atoms with Crippen molar-refractivity contribution in [2.45, 2.75) is 0 Å². The van der Waals surface area contributed by atoms with Crippen LogP contribution in [0.3, 0.4) is 0 Å². The number of carbonyl (C=O) groups excluding carboxylic acids is 1. The average molecular weight is 254 g/mol. The Balaban J connectivity index is 2.14. The molecule has 0 amide bonds. The van der Waals surface area contributed by atoms with Gasteiger partial charge in [0.2, 0.25) is 0 Å². The lowest BCUT2D eigenvalue weighted by Gasteiger charge is -2.00. The van der Waals surface area contributed by atoms with Crippen LogP contribution >= 0.6 is 11.3 Å². The monoisotopic (exact) mass is 254 g/mol. The molecule has 0 spiro atoms. The SMILES string of the molecule is O=Cc1ccc(-c2cc3ccccc3s2)cc1O. The number of hydrogen-bond donors (Lipinski definition) is 1. The van der Waals surface area contributed by atoms with Gasteiger partial charge >= 0.3 is 0 Å². The van der Waals surface area contributed by atoms with Gasteiger partial charge in [-0.25, -0.2) is 0 Å².